The number of nitrogens with zero attached hydrogens (tertiary/aromatic N) is 2. The highest BCUT2D eigenvalue weighted by Crippen LogP contribution is 2.57. The molecule has 5 rings (SSSR count). The molecule has 0 radical (unpaired) electrons. The van der Waals surface area contributed by atoms with E-state index in [0.29, 0.717) is 6.54 Å². The molecule has 2 fully saturated rings. The van der Waals surface area contributed by atoms with Crippen LogP contribution in [0.4, 0.5) is 0 Å². The number of carbonyl (C=O) groups is 3. The number of phenols is 1. The van der Waals surface area contributed by atoms with Crippen LogP contribution < -0.4 is 5.73 Å². The summed E-state index contributed by atoms with van der Waals surface area (Å²) in [6.45, 7) is 3.81. The van der Waals surface area contributed by atoms with Gasteiger partial charge < -0.3 is 31.3 Å². The molecule has 1 amide bonds. The van der Waals surface area contributed by atoms with Crippen molar-refractivity contribution in [2.24, 2.45) is 17.6 Å². The van der Waals surface area contributed by atoms with Crippen molar-refractivity contribution in [2.45, 2.75) is 50.0 Å². The van der Waals surface area contributed by atoms with Crippen LogP contribution in [0.1, 0.15) is 42.9 Å². The van der Waals surface area contributed by atoms with Crippen LogP contribution in [0.3, 0.4) is 0 Å². The third-order valence-corrected chi connectivity index (χ3v) is 8.76. The minimum absolute atomic E-state index is 0.142. The first-order valence-corrected chi connectivity index (χ1v) is 12.7. The van der Waals surface area contributed by atoms with Gasteiger partial charge in [0.15, 0.2) is 11.4 Å². The Labute approximate surface area is 219 Å². The molecule has 11 heteroatoms. The first-order valence-electron chi connectivity index (χ1n) is 12.7. The van der Waals surface area contributed by atoms with E-state index in [1.165, 1.54) is 32.0 Å². The van der Waals surface area contributed by atoms with Crippen molar-refractivity contribution in [1.29, 1.82) is 0 Å². The van der Waals surface area contributed by atoms with Gasteiger partial charge in [-0.2, -0.15) is 0 Å². The smallest absolute Gasteiger partial charge is 0.255 e. The molecule has 0 aromatic heterocycles. The molecule has 1 aromatic carbocycles. The predicted molar refractivity (Wildman–Crippen MR) is 135 cm³/mol. The maximum atomic E-state index is 13.9. The second-order valence-electron chi connectivity index (χ2n) is 11.3. The zero-order valence-corrected chi connectivity index (χ0v) is 21.6. The summed E-state index contributed by atoms with van der Waals surface area (Å²) in [5, 5.41) is 56.7. The summed E-state index contributed by atoms with van der Waals surface area (Å²) < 4.78 is 0. The summed E-state index contributed by atoms with van der Waals surface area (Å²) in [6.07, 6.45) is 1.94. The molecule has 1 saturated heterocycles. The minimum atomic E-state index is -2.76. The number of aromatic hydroxyl groups is 1. The van der Waals surface area contributed by atoms with Gasteiger partial charge in [-0.15, -0.1) is 0 Å². The standard InChI is InChI=1S/C27H33N3O8/c1-26(37)13-8-12(11-30-6-4-5-7-30)9-16(31)17(13)21(32)18-14(26)10-15-20(29(2)3)22(33)19(25(28)36)24(35)27(15,38)23(18)34/h8-9,14-15,20,31-32,35,37-38H,4-7,10-11H2,1-3H3,(H2,28,36)/t14-,15-,20-,26+,27-/m0/s1. The number of amides is 1. The number of phenolic OH excluding ortho intramolecular Hbond substituents is 1. The molecule has 38 heavy (non-hydrogen) atoms. The van der Waals surface area contributed by atoms with Gasteiger partial charge in [0, 0.05) is 24.0 Å². The third-order valence-electron chi connectivity index (χ3n) is 8.76. The lowest BCUT2D eigenvalue weighted by molar-refractivity contribution is -0.159. The molecule has 5 atom stereocenters. The van der Waals surface area contributed by atoms with Crippen molar-refractivity contribution in [1.82, 2.24) is 9.80 Å². The van der Waals surface area contributed by atoms with E-state index >= 15 is 0 Å². The van der Waals surface area contributed by atoms with Crippen LogP contribution in [-0.4, -0.2) is 91.6 Å². The summed E-state index contributed by atoms with van der Waals surface area (Å²) >= 11 is 0. The Morgan fingerprint density at radius 1 is 1.13 bits per heavy atom. The first kappa shape index (κ1) is 26.4. The fourth-order valence-corrected chi connectivity index (χ4v) is 6.91. The van der Waals surface area contributed by atoms with Gasteiger partial charge in [0.25, 0.3) is 5.91 Å². The van der Waals surface area contributed by atoms with Crippen molar-refractivity contribution >= 4 is 23.2 Å². The fraction of sp³-hybridized carbons (Fsp3) is 0.519. The number of rotatable bonds is 4. The molecule has 0 spiro atoms. The van der Waals surface area contributed by atoms with Gasteiger partial charge in [-0.1, -0.05) is 6.07 Å². The molecule has 1 aromatic rings. The third kappa shape index (κ3) is 3.46. The lowest BCUT2D eigenvalue weighted by Gasteiger charge is -2.53. The Bertz CT molecular complexity index is 1320. The number of nitrogens with two attached hydrogens (primary N) is 1. The highest BCUT2D eigenvalue weighted by molar-refractivity contribution is 6.24. The number of aliphatic hydroxyl groups is 4. The number of likely N-dealkylation sites (N-methyl/N-ethyl adjacent to an activating group) is 1. The molecule has 3 aliphatic carbocycles. The van der Waals surface area contributed by atoms with E-state index in [0.717, 1.165) is 31.5 Å². The van der Waals surface area contributed by atoms with E-state index in [9.17, 15) is 39.9 Å². The van der Waals surface area contributed by atoms with Gasteiger partial charge in [0.2, 0.25) is 5.78 Å². The van der Waals surface area contributed by atoms with Crippen LogP contribution in [0.5, 0.6) is 5.75 Å². The van der Waals surface area contributed by atoms with E-state index in [-0.39, 0.29) is 23.3 Å². The SMILES string of the molecule is CN(C)[C@@H]1C(=O)C(C(N)=O)=C(O)[C@@]2(O)C(=O)C3=C(O)c4c(O)cc(CN5CCCC5)cc4[C@@](C)(O)[C@H]3C[C@@H]12. The molecule has 1 aliphatic heterocycles. The van der Waals surface area contributed by atoms with Crippen LogP contribution in [0.2, 0.25) is 0 Å². The van der Waals surface area contributed by atoms with Crippen molar-refractivity contribution in [3.8, 4) is 5.75 Å². The van der Waals surface area contributed by atoms with E-state index in [1.54, 1.807) is 6.07 Å². The summed E-state index contributed by atoms with van der Waals surface area (Å²) in [6, 6.07) is 1.95. The van der Waals surface area contributed by atoms with Gasteiger partial charge in [-0.25, -0.2) is 0 Å². The Kier molecular flexibility index (Phi) is 5.99. The molecule has 0 unspecified atom stereocenters. The van der Waals surface area contributed by atoms with Crippen LogP contribution in [0.25, 0.3) is 5.76 Å². The number of Topliss-reactive ketones (excluding diaryl/α,β-unsaturated/α-hetero) is 2. The Morgan fingerprint density at radius 3 is 2.34 bits per heavy atom. The number of hydrogen-bond acceptors (Lipinski definition) is 10. The van der Waals surface area contributed by atoms with Gasteiger partial charge >= 0.3 is 0 Å². The van der Waals surface area contributed by atoms with Gasteiger partial charge in [-0.05, 0) is 70.6 Å². The lowest BCUT2D eigenvalue weighted by Crippen LogP contribution is -2.67. The summed E-state index contributed by atoms with van der Waals surface area (Å²) in [7, 11) is 3.04. The normalized spacial score (nSPS) is 33.5. The highest BCUT2D eigenvalue weighted by Gasteiger charge is 2.66. The van der Waals surface area contributed by atoms with Crippen LogP contribution in [0, 0.1) is 11.8 Å². The zero-order valence-electron chi connectivity index (χ0n) is 21.6. The topological polar surface area (TPSA) is 185 Å². The molecular formula is C27H33N3O8. The molecule has 7 N–H and O–H groups in total. The summed E-state index contributed by atoms with van der Waals surface area (Å²) in [4.78, 5) is 42.9. The molecular weight excluding hydrogens is 494 g/mol. The Morgan fingerprint density at radius 2 is 1.76 bits per heavy atom. The first-order chi connectivity index (χ1) is 17.7. The van der Waals surface area contributed by atoms with E-state index in [4.69, 9.17) is 5.73 Å². The van der Waals surface area contributed by atoms with E-state index in [2.05, 4.69) is 4.90 Å². The number of carbonyl (C=O) groups excluding carboxylic acids is 3. The van der Waals surface area contributed by atoms with Crippen molar-refractivity contribution in [3.63, 3.8) is 0 Å². The van der Waals surface area contributed by atoms with Crippen molar-refractivity contribution in [3.05, 3.63) is 45.7 Å². The largest absolute Gasteiger partial charge is 0.508 e. The molecule has 1 heterocycles. The second-order valence-corrected chi connectivity index (χ2v) is 11.3. The fourth-order valence-electron chi connectivity index (χ4n) is 6.91. The van der Waals surface area contributed by atoms with Crippen molar-refractivity contribution in [2.75, 3.05) is 27.2 Å². The number of primary amides is 1. The Hall–Kier alpha value is -3.25. The molecule has 11 nitrogen and oxygen atoms in total. The molecule has 0 bridgehead atoms. The minimum Gasteiger partial charge on any atom is -0.508 e. The van der Waals surface area contributed by atoms with Crippen LogP contribution in [0.15, 0.2) is 29.0 Å². The molecule has 4 aliphatic rings. The van der Waals surface area contributed by atoms with Gasteiger partial charge in [0.1, 0.15) is 22.8 Å². The second kappa shape index (κ2) is 8.63. The average molecular weight is 528 g/mol. The maximum Gasteiger partial charge on any atom is 0.255 e. The highest BCUT2D eigenvalue weighted by atomic mass is 16.3. The predicted octanol–water partition coefficient (Wildman–Crippen LogP) is 0.225. The quantitative estimate of drug-likeness (QED) is 0.296. The van der Waals surface area contributed by atoms with Gasteiger partial charge in [0.05, 0.1) is 17.2 Å². The number of fused-ring (bicyclic) bond motifs is 3. The zero-order chi connectivity index (χ0) is 27.9. The monoisotopic (exact) mass is 527 g/mol. The summed E-state index contributed by atoms with van der Waals surface area (Å²) in [5.41, 5.74) is 0.307. The number of likely N-dealkylation sites (tertiary alicyclic amines) is 1. The number of ketones is 2. The number of hydrogen-bond donors (Lipinski definition) is 6. The van der Waals surface area contributed by atoms with Gasteiger partial charge in [-0.3, -0.25) is 24.2 Å². The van der Waals surface area contributed by atoms with Crippen molar-refractivity contribution < 1.29 is 39.9 Å². The maximum absolute atomic E-state index is 13.9. The van der Waals surface area contributed by atoms with Crippen LogP contribution in [-0.2, 0) is 26.5 Å². The molecule has 204 valence electrons. The number of benzene rings is 1. The Balaban J connectivity index is 1.71. The number of aliphatic hydroxyl groups excluding tert-OH is 2. The van der Waals surface area contributed by atoms with E-state index < -0.39 is 69.2 Å². The summed E-state index contributed by atoms with van der Waals surface area (Å²) in [5.74, 6) is -7.82. The lowest BCUT2D eigenvalue weighted by atomic mass is 9.54. The van der Waals surface area contributed by atoms with E-state index in [1.807, 2.05) is 0 Å². The average Bonchev–Trinajstić information content (AvgIpc) is 3.32. The molecule has 1 saturated carbocycles. The van der Waals surface area contributed by atoms with Crippen LogP contribution >= 0.6 is 0 Å².